The average molecular weight is 361 g/mol. The van der Waals surface area contributed by atoms with Crippen LogP contribution < -0.4 is 10.5 Å². The third-order valence-corrected chi connectivity index (χ3v) is 3.60. The lowest BCUT2D eigenvalue weighted by Gasteiger charge is -2.14. The number of aliphatic hydroxyl groups is 1. The third-order valence-electron chi connectivity index (χ3n) is 2.69. The van der Waals surface area contributed by atoms with Crippen molar-refractivity contribution in [3.05, 3.63) is 57.3 Å². The zero-order valence-corrected chi connectivity index (χ0v) is 12.7. The van der Waals surface area contributed by atoms with E-state index in [2.05, 4.69) is 15.9 Å². The topological polar surface area (TPSA) is 55.5 Å². The Hall–Kier alpha value is -1.30. The number of nitrogens with two attached hydrogens (primary N) is 1. The highest BCUT2D eigenvalue weighted by Gasteiger charge is 2.12. The molecule has 0 amide bonds. The van der Waals surface area contributed by atoms with Gasteiger partial charge in [-0.25, -0.2) is 4.39 Å². The van der Waals surface area contributed by atoms with E-state index in [1.165, 1.54) is 12.1 Å². The molecule has 0 saturated carbocycles. The van der Waals surface area contributed by atoms with Crippen molar-refractivity contribution < 1.29 is 14.2 Å². The maximum atomic E-state index is 13.3. The molecule has 0 fully saturated rings. The van der Waals surface area contributed by atoms with Crippen molar-refractivity contribution in [2.45, 2.75) is 6.10 Å². The van der Waals surface area contributed by atoms with Crippen LogP contribution >= 0.6 is 27.5 Å². The van der Waals surface area contributed by atoms with E-state index >= 15 is 0 Å². The molecule has 3 nitrogen and oxygen atoms in total. The first-order valence-electron chi connectivity index (χ1n) is 5.78. The van der Waals surface area contributed by atoms with Crippen LogP contribution in [0.2, 0.25) is 5.02 Å². The second-order valence-electron chi connectivity index (χ2n) is 4.19. The fraction of sp³-hybridized carbons (Fsp3) is 0.143. The molecule has 20 heavy (non-hydrogen) atoms. The van der Waals surface area contributed by atoms with E-state index in [1.54, 1.807) is 24.3 Å². The first kappa shape index (κ1) is 15.1. The summed E-state index contributed by atoms with van der Waals surface area (Å²) in [7, 11) is 0. The molecule has 1 atom stereocenters. The minimum atomic E-state index is -0.832. The van der Waals surface area contributed by atoms with Crippen molar-refractivity contribution in [2.75, 3.05) is 12.3 Å². The minimum absolute atomic E-state index is 0.00306. The molecule has 3 N–H and O–H groups in total. The highest BCUT2D eigenvalue weighted by Crippen LogP contribution is 2.31. The van der Waals surface area contributed by atoms with Crippen LogP contribution in [0, 0.1) is 5.82 Å². The molecule has 0 saturated heterocycles. The Morgan fingerprint density at radius 3 is 2.60 bits per heavy atom. The first-order valence-corrected chi connectivity index (χ1v) is 6.95. The normalized spacial score (nSPS) is 12.2. The van der Waals surface area contributed by atoms with Crippen LogP contribution in [0.3, 0.4) is 0 Å². The van der Waals surface area contributed by atoms with Gasteiger partial charge in [0.15, 0.2) is 0 Å². The van der Waals surface area contributed by atoms with Gasteiger partial charge in [-0.05, 0) is 39.7 Å². The number of hydrogen-bond acceptors (Lipinski definition) is 3. The molecule has 106 valence electrons. The number of ether oxygens (including phenoxy) is 1. The standard InChI is InChI=1S/C14H12BrClFNO2/c15-10-5-11(16)12(17)6-14(10)20-7-13(19)8-1-3-9(18)4-2-8/h1-6,13,19H,7,18H2. The van der Waals surface area contributed by atoms with Gasteiger partial charge in [0.1, 0.15) is 24.3 Å². The zero-order valence-electron chi connectivity index (χ0n) is 10.3. The predicted octanol–water partition coefficient (Wildman–Crippen LogP) is 3.94. The lowest BCUT2D eigenvalue weighted by Crippen LogP contribution is -2.10. The molecule has 1 unspecified atom stereocenters. The number of halogens is 3. The Balaban J connectivity index is 2.05. The third kappa shape index (κ3) is 3.62. The fourth-order valence-electron chi connectivity index (χ4n) is 1.60. The summed E-state index contributed by atoms with van der Waals surface area (Å²) in [6.07, 6.45) is -0.832. The van der Waals surface area contributed by atoms with Gasteiger partial charge in [0.2, 0.25) is 0 Å². The van der Waals surface area contributed by atoms with Crippen molar-refractivity contribution in [1.82, 2.24) is 0 Å². The molecule has 0 aromatic heterocycles. The van der Waals surface area contributed by atoms with E-state index in [0.29, 0.717) is 15.7 Å². The number of rotatable bonds is 4. The molecule has 2 aromatic rings. The van der Waals surface area contributed by atoms with Crippen LogP contribution in [0.5, 0.6) is 5.75 Å². The minimum Gasteiger partial charge on any atom is -0.489 e. The predicted molar refractivity (Wildman–Crippen MR) is 80.4 cm³/mol. The Morgan fingerprint density at radius 1 is 1.30 bits per heavy atom. The van der Waals surface area contributed by atoms with Gasteiger partial charge in [0.05, 0.1) is 9.50 Å². The highest BCUT2D eigenvalue weighted by molar-refractivity contribution is 9.10. The number of hydrogen-bond donors (Lipinski definition) is 2. The van der Waals surface area contributed by atoms with Gasteiger partial charge in [0, 0.05) is 11.8 Å². The monoisotopic (exact) mass is 359 g/mol. The zero-order chi connectivity index (χ0) is 14.7. The Morgan fingerprint density at radius 2 is 1.95 bits per heavy atom. The van der Waals surface area contributed by atoms with Crippen molar-refractivity contribution in [2.24, 2.45) is 0 Å². The Bertz CT molecular complexity index is 607. The molecule has 0 heterocycles. The van der Waals surface area contributed by atoms with E-state index in [4.69, 9.17) is 22.1 Å². The lowest BCUT2D eigenvalue weighted by atomic mass is 10.1. The number of benzene rings is 2. The van der Waals surface area contributed by atoms with Gasteiger partial charge in [-0.1, -0.05) is 23.7 Å². The average Bonchev–Trinajstić information content (AvgIpc) is 2.42. The SMILES string of the molecule is Nc1ccc(C(O)COc2cc(F)c(Cl)cc2Br)cc1. The van der Waals surface area contributed by atoms with Gasteiger partial charge in [-0.3, -0.25) is 0 Å². The first-order chi connectivity index (χ1) is 9.47. The number of anilines is 1. The second-order valence-corrected chi connectivity index (χ2v) is 5.45. The fourth-order valence-corrected chi connectivity index (χ4v) is 2.35. The molecule has 2 rings (SSSR count). The van der Waals surface area contributed by atoms with Gasteiger partial charge >= 0.3 is 0 Å². The maximum Gasteiger partial charge on any atom is 0.145 e. The summed E-state index contributed by atoms with van der Waals surface area (Å²) >= 11 is 8.86. The summed E-state index contributed by atoms with van der Waals surface area (Å²) in [5.41, 5.74) is 6.86. The molecule has 2 aromatic carbocycles. The lowest BCUT2D eigenvalue weighted by molar-refractivity contribution is 0.107. The summed E-state index contributed by atoms with van der Waals surface area (Å²) in [6.45, 7) is -0.0103. The van der Waals surface area contributed by atoms with E-state index in [9.17, 15) is 9.50 Å². The highest BCUT2D eigenvalue weighted by atomic mass is 79.9. The van der Waals surface area contributed by atoms with Crippen molar-refractivity contribution in [3.63, 3.8) is 0 Å². The maximum absolute atomic E-state index is 13.3. The smallest absolute Gasteiger partial charge is 0.145 e. The van der Waals surface area contributed by atoms with Crippen LogP contribution in [0.1, 0.15) is 11.7 Å². The van der Waals surface area contributed by atoms with Crippen molar-refractivity contribution in [1.29, 1.82) is 0 Å². The molecule has 0 aliphatic heterocycles. The quantitative estimate of drug-likeness (QED) is 0.641. The Labute approximate surface area is 129 Å². The summed E-state index contributed by atoms with van der Waals surface area (Å²) < 4.78 is 19.3. The summed E-state index contributed by atoms with van der Waals surface area (Å²) in [5, 5.41) is 9.99. The van der Waals surface area contributed by atoms with Gasteiger partial charge in [-0.15, -0.1) is 0 Å². The second kappa shape index (κ2) is 6.43. The summed E-state index contributed by atoms with van der Waals surface area (Å²) in [4.78, 5) is 0. The van der Waals surface area contributed by atoms with E-state index in [1.807, 2.05) is 0 Å². The van der Waals surface area contributed by atoms with Crippen LogP contribution in [0.15, 0.2) is 40.9 Å². The van der Waals surface area contributed by atoms with Crippen LogP contribution in [-0.2, 0) is 0 Å². The largest absolute Gasteiger partial charge is 0.489 e. The summed E-state index contributed by atoms with van der Waals surface area (Å²) in [6, 6.07) is 9.37. The molecule has 0 bridgehead atoms. The molecule has 0 aliphatic rings. The Kier molecular flexibility index (Phi) is 4.86. The summed E-state index contributed by atoms with van der Waals surface area (Å²) in [5.74, 6) is -0.298. The van der Waals surface area contributed by atoms with Gasteiger partial charge in [-0.2, -0.15) is 0 Å². The van der Waals surface area contributed by atoms with Gasteiger partial charge in [0.25, 0.3) is 0 Å². The molecule has 0 spiro atoms. The number of nitrogen functional groups attached to an aromatic ring is 1. The van der Waals surface area contributed by atoms with Crippen LogP contribution in [-0.4, -0.2) is 11.7 Å². The molecular formula is C14H12BrClFNO2. The van der Waals surface area contributed by atoms with E-state index < -0.39 is 11.9 Å². The van der Waals surface area contributed by atoms with E-state index in [-0.39, 0.29) is 17.4 Å². The van der Waals surface area contributed by atoms with E-state index in [0.717, 1.165) is 0 Å². The van der Waals surface area contributed by atoms with Crippen LogP contribution in [0.4, 0.5) is 10.1 Å². The molecular weight excluding hydrogens is 349 g/mol. The number of aliphatic hydroxyl groups excluding tert-OH is 1. The van der Waals surface area contributed by atoms with Crippen LogP contribution in [0.25, 0.3) is 0 Å². The molecule has 0 aliphatic carbocycles. The molecule has 6 heteroatoms. The van der Waals surface area contributed by atoms with Gasteiger partial charge < -0.3 is 15.6 Å². The van der Waals surface area contributed by atoms with Crippen molar-refractivity contribution in [3.8, 4) is 5.75 Å². The van der Waals surface area contributed by atoms with Crippen molar-refractivity contribution >= 4 is 33.2 Å². The molecule has 0 radical (unpaired) electrons.